The van der Waals surface area contributed by atoms with E-state index < -0.39 is 5.60 Å². The summed E-state index contributed by atoms with van der Waals surface area (Å²) in [5.74, 6) is 0. The van der Waals surface area contributed by atoms with Crippen LogP contribution in [0.3, 0.4) is 0 Å². The molecule has 4 N–H and O–H groups in total. The Balaban J connectivity index is 1.98. The van der Waals surface area contributed by atoms with Gasteiger partial charge in [-0.3, -0.25) is 0 Å². The number of allylic oxidation sites excluding steroid dienone is 1. The van der Waals surface area contributed by atoms with Crippen molar-refractivity contribution in [1.82, 2.24) is 10.6 Å². The molecule has 2 aliphatic rings. The number of dihydropyridines is 1. The lowest BCUT2D eigenvalue weighted by Crippen LogP contribution is -2.46. The van der Waals surface area contributed by atoms with Crippen molar-refractivity contribution in [2.24, 2.45) is 0 Å². The molecule has 4 heteroatoms. The zero-order valence-electron chi connectivity index (χ0n) is 12.8. The van der Waals surface area contributed by atoms with Gasteiger partial charge in [-0.05, 0) is 37.1 Å². The Morgan fingerprint density at radius 2 is 1.82 bits per heavy atom. The summed E-state index contributed by atoms with van der Waals surface area (Å²) in [6.45, 7) is 2.29. The van der Waals surface area contributed by atoms with Crippen molar-refractivity contribution in [3.05, 3.63) is 58.8 Å². The molecule has 0 amide bonds. The molecule has 1 fully saturated rings. The first-order valence-electron chi connectivity index (χ1n) is 7.98. The molecule has 0 spiro atoms. The lowest BCUT2D eigenvalue weighted by atomic mass is 9.78. The maximum atomic E-state index is 11.2. The minimum atomic E-state index is -0.850. The first kappa shape index (κ1) is 15.3. The van der Waals surface area contributed by atoms with E-state index in [9.17, 15) is 10.2 Å². The fraction of sp³-hybridized carbons (Fsp3) is 0.444. The van der Waals surface area contributed by atoms with Gasteiger partial charge in [0.1, 0.15) is 0 Å². The van der Waals surface area contributed by atoms with Gasteiger partial charge >= 0.3 is 0 Å². The van der Waals surface area contributed by atoms with Crippen molar-refractivity contribution >= 4 is 0 Å². The van der Waals surface area contributed by atoms with E-state index in [1.54, 1.807) is 0 Å². The standard InChI is InChI=1S/C18H24N2O2/c21-13-15-6-9-20-16(12-14-4-2-1-3-5-14)17(15)18(22)7-10-19-11-8-18/h1-6,19-22H,7-13H2. The smallest absolute Gasteiger partial charge is 0.0940 e. The molecule has 0 atom stereocenters. The number of benzene rings is 1. The third kappa shape index (κ3) is 3.09. The summed E-state index contributed by atoms with van der Waals surface area (Å²) >= 11 is 0. The van der Waals surface area contributed by atoms with Crippen LogP contribution in [-0.4, -0.2) is 42.1 Å². The topological polar surface area (TPSA) is 64.5 Å². The number of aliphatic hydroxyl groups excluding tert-OH is 1. The summed E-state index contributed by atoms with van der Waals surface area (Å²) in [4.78, 5) is 0. The second kappa shape index (κ2) is 6.65. The number of nitrogens with one attached hydrogen (secondary N) is 2. The summed E-state index contributed by atoms with van der Waals surface area (Å²) in [6.07, 6.45) is 4.10. The minimum absolute atomic E-state index is 0.0228. The minimum Gasteiger partial charge on any atom is -0.392 e. The molecule has 118 valence electrons. The Bertz CT molecular complexity index is 572. The average Bonchev–Trinajstić information content (AvgIpc) is 2.56. The van der Waals surface area contributed by atoms with Gasteiger partial charge in [-0.2, -0.15) is 0 Å². The van der Waals surface area contributed by atoms with Crippen molar-refractivity contribution < 1.29 is 10.2 Å². The van der Waals surface area contributed by atoms with Crippen LogP contribution in [0.4, 0.5) is 0 Å². The van der Waals surface area contributed by atoms with Crippen LogP contribution in [0.25, 0.3) is 0 Å². The fourth-order valence-electron chi connectivity index (χ4n) is 3.45. The SMILES string of the molecule is OCC1=CCNC(Cc2ccccc2)=C1C1(O)CCNCC1. The molecule has 3 rings (SSSR count). The van der Waals surface area contributed by atoms with E-state index in [1.807, 2.05) is 24.3 Å². The summed E-state index contributed by atoms with van der Waals surface area (Å²) < 4.78 is 0. The predicted octanol–water partition coefficient (Wildman–Crippen LogP) is 1.12. The van der Waals surface area contributed by atoms with Crippen molar-refractivity contribution in [1.29, 1.82) is 0 Å². The number of aliphatic hydroxyl groups is 2. The highest BCUT2D eigenvalue weighted by molar-refractivity contribution is 5.46. The fourth-order valence-corrected chi connectivity index (χ4v) is 3.45. The molecule has 2 heterocycles. The van der Waals surface area contributed by atoms with Gasteiger partial charge in [0, 0.05) is 24.2 Å². The van der Waals surface area contributed by atoms with Crippen molar-refractivity contribution in [2.75, 3.05) is 26.2 Å². The zero-order chi connectivity index (χ0) is 15.4. The Morgan fingerprint density at radius 1 is 1.09 bits per heavy atom. The first-order valence-corrected chi connectivity index (χ1v) is 7.98. The second-order valence-electron chi connectivity index (χ2n) is 6.07. The number of piperidine rings is 1. The third-order valence-electron chi connectivity index (χ3n) is 4.58. The van der Waals surface area contributed by atoms with Crippen LogP contribution in [0.5, 0.6) is 0 Å². The number of rotatable bonds is 4. The maximum absolute atomic E-state index is 11.2. The zero-order valence-corrected chi connectivity index (χ0v) is 12.8. The van der Waals surface area contributed by atoms with E-state index in [4.69, 9.17) is 0 Å². The molecule has 0 bridgehead atoms. The highest BCUT2D eigenvalue weighted by Gasteiger charge is 2.37. The summed E-state index contributed by atoms with van der Waals surface area (Å²) in [5, 5.41) is 27.6. The van der Waals surface area contributed by atoms with Gasteiger partial charge in [0.2, 0.25) is 0 Å². The van der Waals surface area contributed by atoms with Crippen molar-refractivity contribution in [3.8, 4) is 0 Å². The van der Waals surface area contributed by atoms with E-state index in [0.717, 1.165) is 36.4 Å². The first-order chi connectivity index (χ1) is 10.7. The quantitative estimate of drug-likeness (QED) is 0.673. The van der Waals surface area contributed by atoms with E-state index in [2.05, 4.69) is 22.8 Å². The molecule has 1 aromatic carbocycles. The van der Waals surface area contributed by atoms with Gasteiger partial charge in [0.05, 0.1) is 12.2 Å². The van der Waals surface area contributed by atoms with E-state index in [-0.39, 0.29) is 6.61 Å². The highest BCUT2D eigenvalue weighted by atomic mass is 16.3. The second-order valence-corrected chi connectivity index (χ2v) is 6.07. The Hall–Kier alpha value is -1.62. The summed E-state index contributed by atoms with van der Waals surface area (Å²) in [5.41, 5.74) is 3.18. The Morgan fingerprint density at radius 3 is 2.50 bits per heavy atom. The molecule has 1 aromatic rings. The highest BCUT2D eigenvalue weighted by Crippen LogP contribution is 2.35. The molecular weight excluding hydrogens is 276 g/mol. The van der Waals surface area contributed by atoms with E-state index in [0.29, 0.717) is 19.4 Å². The van der Waals surface area contributed by atoms with E-state index >= 15 is 0 Å². The van der Waals surface area contributed by atoms with Gasteiger partial charge in [0.25, 0.3) is 0 Å². The Labute approximate surface area is 131 Å². The van der Waals surface area contributed by atoms with Crippen LogP contribution in [0.15, 0.2) is 53.3 Å². The third-order valence-corrected chi connectivity index (χ3v) is 4.58. The lowest BCUT2D eigenvalue weighted by Gasteiger charge is -2.39. The molecule has 0 aromatic heterocycles. The van der Waals surface area contributed by atoms with Gasteiger partial charge in [-0.15, -0.1) is 0 Å². The average molecular weight is 300 g/mol. The summed E-state index contributed by atoms with van der Waals surface area (Å²) in [6, 6.07) is 10.2. The normalized spacial score (nSPS) is 21.3. The van der Waals surface area contributed by atoms with Crippen molar-refractivity contribution in [3.63, 3.8) is 0 Å². The van der Waals surface area contributed by atoms with Crippen LogP contribution in [-0.2, 0) is 6.42 Å². The molecule has 0 saturated carbocycles. The number of hydrogen-bond acceptors (Lipinski definition) is 4. The molecule has 2 aliphatic heterocycles. The lowest BCUT2D eigenvalue weighted by molar-refractivity contribution is 0.0451. The predicted molar refractivity (Wildman–Crippen MR) is 87.4 cm³/mol. The number of hydrogen-bond donors (Lipinski definition) is 4. The Kier molecular flexibility index (Phi) is 4.62. The van der Waals surface area contributed by atoms with Gasteiger partial charge < -0.3 is 20.8 Å². The maximum Gasteiger partial charge on any atom is 0.0940 e. The van der Waals surface area contributed by atoms with Crippen molar-refractivity contribution in [2.45, 2.75) is 24.9 Å². The largest absolute Gasteiger partial charge is 0.392 e. The molecule has 0 unspecified atom stereocenters. The van der Waals surface area contributed by atoms with Crippen LogP contribution in [0.2, 0.25) is 0 Å². The van der Waals surface area contributed by atoms with Crippen LogP contribution in [0, 0.1) is 0 Å². The van der Waals surface area contributed by atoms with Gasteiger partial charge in [-0.1, -0.05) is 36.4 Å². The molecule has 1 saturated heterocycles. The molecule has 0 aliphatic carbocycles. The van der Waals surface area contributed by atoms with Gasteiger partial charge in [0.15, 0.2) is 0 Å². The van der Waals surface area contributed by atoms with Crippen LogP contribution >= 0.6 is 0 Å². The molecular formula is C18H24N2O2. The molecule has 22 heavy (non-hydrogen) atoms. The monoisotopic (exact) mass is 300 g/mol. The van der Waals surface area contributed by atoms with Crippen LogP contribution in [0.1, 0.15) is 18.4 Å². The van der Waals surface area contributed by atoms with Crippen LogP contribution < -0.4 is 10.6 Å². The molecule has 4 nitrogen and oxygen atoms in total. The van der Waals surface area contributed by atoms with E-state index in [1.165, 1.54) is 5.56 Å². The van der Waals surface area contributed by atoms with Gasteiger partial charge in [-0.25, -0.2) is 0 Å². The molecule has 0 radical (unpaired) electrons. The summed E-state index contributed by atoms with van der Waals surface area (Å²) in [7, 11) is 0.